The van der Waals surface area contributed by atoms with Crippen LogP contribution in [0.15, 0.2) is 12.2 Å². The fourth-order valence-electron chi connectivity index (χ4n) is 10.9. The molecular formula is C68H133NO3. The van der Waals surface area contributed by atoms with Gasteiger partial charge in [0.1, 0.15) is 0 Å². The first-order valence-corrected chi connectivity index (χ1v) is 33.7. The highest BCUT2D eigenvalue weighted by atomic mass is 16.5. The van der Waals surface area contributed by atoms with Crippen LogP contribution in [0.4, 0.5) is 0 Å². The number of nitrogens with zero attached hydrogens (tertiary/aromatic N) is 1. The lowest BCUT2D eigenvalue weighted by Crippen LogP contribution is -2.35. The SMILES string of the molecule is CCCCCCCCCCCCCCCCCCCCCCC/C=C/CCCCCCCCCCCCCCCC(CC(=O)N(CCCCCCCC)CCCCCCCC)C(=O)OCCCCCCCC. The Kier molecular flexibility index (Phi) is 61.1. The molecule has 0 aliphatic carbocycles. The second-order valence-corrected chi connectivity index (χ2v) is 23.3. The van der Waals surface area contributed by atoms with Crippen LogP contribution in [-0.4, -0.2) is 36.5 Å². The van der Waals surface area contributed by atoms with E-state index in [1.807, 2.05) is 0 Å². The Labute approximate surface area is 454 Å². The summed E-state index contributed by atoms with van der Waals surface area (Å²) in [5.41, 5.74) is 0. The Morgan fingerprint density at radius 2 is 0.569 bits per heavy atom. The van der Waals surface area contributed by atoms with Crippen molar-refractivity contribution in [2.45, 2.75) is 387 Å². The van der Waals surface area contributed by atoms with Crippen molar-refractivity contribution in [3.05, 3.63) is 12.2 Å². The quantitative estimate of drug-likeness (QED) is 0.0346. The van der Waals surface area contributed by atoms with Gasteiger partial charge < -0.3 is 9.64 Å². The number of hydrogen-bond acceptors (Lipinski definition) is 3. The molecule has 0 aromatic rings. The maximum atomic E-state index is 13.9. The molecule has 1 amide bonds. The monoisotopic (exact) mass is 1010 g/mol. The number of ether oxygens (including phenoxy) is 1. The lowest BCUT2D eigenvalue weighted by molar-refractivity contribution is -0.152. The molecule has 0 N–H and O–H groups in total. The average molecular weight is 1010 g/mol. The molecule has 0 spiro atoms. The van der Waals surface area contributed by atoms with Gasteiger partial charge in [-0.2, -0.15) is 0 Å². The molecule has 0 heterocycles. The van der Waals surface area contributed by atoms with E-state index in [0.717, 1.165) is 58.0 Å². The number of rotatable bonds is 62. The summed E-state index contributed by atoms with van der Waals surface area (Å²) in [5, 5.41) is 0. The maximum Gasteiger partial charge on any atom is 0.309 e. The lowest BCUT2D eigenvalue weighted by Gasteiger charge is -2.25. The molecule has 4 heteroatoms. The molecule has 0 rings (SSSR count). The zero-order valence-electron chi connectivity index (χ0n) is 50.1. The van der Waals surface area contributed by atoms with Crippen molar-refractivity contribution in [3.8, 4) is 0 Å². The zero-order valence-corrected chi connectivity index (χ0v) is 50.1. The lowest BCUT2D eigenvalue weighted by atomic mass is 9.96. The van der Waals surface area contributed by atoms with Crippen LogP contribution in [0.3, 0.4) is 0 Å². The van der Waals surface area contributed by atoms with Crippen LogP contribution >= 0.6 is 0 Å². The summed E-state index contributed by atoms with van der Waals surface area (Å²) >= 11 is 0. The van der Waals surface area contributed by atoms with Gasteiger partial charge in [-0.3, -0.25) is 9.59 Å². The number of esters is 1. The fourth-order valence-corrected chi connectivity index (χ4v) is 10.9. The van der Waals surface area contributed by atoms with E-state index in [-0.39, 0.29) is 17.8 Å². The van der Waals surface area contributed by atoms with E-state index in [1.165, 1.54) is 308 Å². The van der Waals surface area contributed by atoms with E-state index < -0.39 is 0 Å². The molecule has 0 bridgehead atoms. The van der Waals surface area contributed by atoms with E-state index in [2.05, 4.69) is 44.7 Å². The van der Waals surface area contributed by atoms with Crippen LogP contribution < -0.4 is 0 Å². The minimum Gasteiger partial charge on any atom is -0.465 e. The summed E-state index contributed by atoms with van der Waals surface area (Å²) in [6, 6.07) is 0. The summed E-state index contributed by atoms with van der Waals surface area (Å²) in [4.78, 5) is 29.5. The second-order valence-electron chi connectivity index (χ2n) is 23.3. The van der Waals surface area contributed by atoms with Gasteiger partial charge in [-0.25, -0.2) is 0 Å². The normalized spacial score (nSPS) is 12.1. The highest BCUT2D eigenvalue weighted by Gasteiger charge is 2.26. The summed E-state index contributed by atoms with van der Waals surface area (Å²) < 4.78 is 5.88. The Morgan fingerprint density at radius 3 is 0.875 bits per heavy atom. The van der Waals surface area contributed by atoms with Crippen LogP contribution in [0.25, 0.3) is 0 Å². The third kappa shape index (κ3) is 54.9. The molecule has 0 aromatic carbocycles. The summed E-state index contributed by atoms with van der Waals surface area (Å²) in [6.45, 7) is 11.3. The number of amides is 1. The minimum atomic E-state index is -0.293. The van der Waals surface area contributed by atoms with Gasteiger partial charge in [0.05, 0.1) is 12.5 Å². The van der Waals surface area contributed by atoms with Crippen molar-refractivity contribution < 1.29 is 14.3 Å². The van der Waals surface area contributed by atoms with Gasteiger partial charge in [0.2, 0.25) is 5.91 Å². The predicted octanol–water partition coefficient (Wildman–Crippen LogP) is 23.5. The third-order valence-corrected chi connectivity index (χ3v) is 16.0. The van der Waals surface area contributed by atoms with Gasteiger partial charge in [-0.15, -0.1) is 0 Å². The van der Waals surface area contributed by atoms with Crippen LogP contribution in [0.2, 0.25) is 0 Å². The summed E-state index contributed by atoms with van der Waals surface area (Å²) in [7, 11) is 0. The third-order valence-electron chi connectivity index (χ3n) is 16.0. The fraction of sp³-hybridized carbons (Fsp3) is 0.941. The molecule has 0 aliphatic heterocycles. The Bertz CT molecular complexity index is 1060. The van der Waals surface area contributed by atoms with E-state index in [0.29, 0.717) is 13.0 Å². The molecule has 0 radical (unpaired) electrons. The van der Waals surface area contributed by atoms with Gasteiger partial charge in [-0.1, -0.05) is 342 Å². The van der Waals surface area contributed by atoms with Gasteiger partial charge in [0.15, 0.2) is 0 Å². The van der Waals surface area contributed by atoms with Crippen LogP contribution in [0.5, 0.6) is 0 Å². The molecule has 0 aliphatic rings. The maximum absolute atomic E-state index is 13.9. The van der Waals surface area contributed by atoms with Crippen molar-refractivity contribution in [1.82, 2.24) is 4.90 Å². The van der Waals surface area contributed by atoms with Crippen LogP contribution in [-0.2, 0) is 14.3 Å². The first kappa shape index (κ1) is 70.7. The predicted molar refractivity (Wildman–Crippen MR) is 321 cm³/mol. The van der Waals surface area contributed by atoms with Gasteiger partial charge in [-0.05, 0) is 51.4 Å². The molecule has 0 fully saturated rings. The van der Waals surface area contributed by atoms with Crippen LogP contribution in [0.1, 0.15) is 387 Å². The Balaban J connectivity index is 4.03. The van der Waals surface area contributed by atoms with Crippen molar-refractivity contribution in [1.29, 1.82) is 0 Å². The van der Waals surface area contributed by atoms with Crippen molar-refractivity contribution >= 4 is 11.9 Å². The van der Waals surface area contributed by atoms with Gasteiger partial charge >= 0.3 is 5.97 Å². The molecule has 4 nitrogen and oxygen atoms in total. The number of allylic oxidation sites excluding steroid dienone is 2. The molecule has 0 saturated heterocycles. The molecule has 72 heavy (non-hydrogen) atoms. The number of unbranched alkanes of at least 4 members (excludes halogenated alkanes) is 49. The second kappa shape index (κ2) is 62.2. The Morgan fingerprint density at radius 1 is 0.319 bits per heavy atom. The molecule has 1 atom stereocenters. The topological polar surface area (TPSA) is 46.6 Å². The number of carbonyl (C=O) groups excluding carboxylic acids is 2. The largest absolute Gasteiger partial charge is 0.465 e. The van der Waals surface area contributed by atoms with Crippen molar-refractivity contribution in [2.24, 2.45) is 5.92 Å². The summed E-state index contributed by atoms with van der Waals surface area (Å²) in [6.07, 6.45) is 78.2. The Hall–Kier alpha value is -1.32. The standard InChI is InChI=1S/C68H133NO3/c1-5-9-13-17-21-22-23-24-25-26-27-28-29-30-31-32-33-34-35-36-37-38-39-40-41-42-43-44-45-46-47-48-49-50-51-52-53-57-61-66(68(71)72-64-60-56-20-16-12-8-4)65-67(70)69(62-58-54-18-14-10-6-2)63-59-55-19-15-11-7-3/h39-40,66H,5-38,41-65H2,1-4H3/b40-39+. The van der Waals surface area contributed by atoms with E-state index in [4.69, 9.17) is 4.74 Å². The first-order chi connectivity index (χ1) is 35.6. The molecular weight excluding hydrogens is 879 g/mol. The zero-order chi connectivity index (χ0) is 52.2. The van der Waals surface area contributed by atoms with Gasteiger partial charge in [0.25, 0.3) is 0 Å². The van der Waals surface area contributed by atoms with Crippen LogP contribution in [0, 0.1) is 5.92 Å². The van der Waals surface area contributed by atoms with E-state index >= 15 is 0 Å². The molecule has 1 unspecified atom stereocenters. The number of carbonyl (C=O) groups is 2. The molecule has 0 aromatic heterocycles. The highest BCUT2D eigenvalue weighted by molar-refractivity contribution is 5.83. The smallest absolute Gasteiger partial charge is 0.309 e. The van der Waals surface area contributed by atoms with Crippen molar-refractivity contribution in [3.63, 3.8) is 0 Å². The first-order valence-electron chi connectivity index (χ1n) is 33.7. The van der Waals surface area contributed by atoms with Gasteiger partial charge in [0, 0.05) is 19.5 Å². The van der Waals surface area contributed by atoms with E-state index in [9.17, 15) is 9.59 Å². The molecule has 428 valence electrons. The minimum absolute atomic E-state index is 0.116. The van der Waals surface area contributed by atoms with Crippen molar-refractivity contribution in [2.75, 3.05) is 19.7 Å². The molecule has 0 saturated carbocycles. The average Bonchev–Trinajstić information content (AvgIpc) is 3.38. The van der Waals surface area contributed by atoms with E-state index in [1.54, 1.807) is 0 Å². The number of hydrogen-bond donors (Lipinski definition) is 0. The highest BCUT2D eigenvalue weighted by Crippen LogP contribution is 2.22. The summed E-state index contributed by atoms with van der Waals surface area (Å²) in [5.74, 6) is -0.222.